The van der Waals surface area contributed by atoms with Crippen molar-refractivity contribution in [3.05, 3.63) is 24.4 Å². The van der Waals surface area contributed by atoms with E-state index in [1.807, 2.05) is 23.1 Å². The number of anilines is 1. The van der Waals surface area contributed by atoms with E-state index >= 15 is 0 Å². The maximum absolute atomic E-state index is 12.4. The number of carbonyl (C=O) groups is 1. The first kappa shape index (κ1) is 14.5. The fourth-order valence-corrected chi connectivity index (χ4v) is 3.72. The number of nitrogens with one attached hydrogen (secondary N) is 2. The fourth-order valence-electron chi connectivity index (χ4n) is 3.72. The summed E-state index contributed by atoms with van der Waals surface area (Å²) >= 11 is 0. The van der Waals surface area contributed by atoms with Gasteiger partial charge in [0.2, 0.25) is 0 Å². The number of aromatic amines is 1. The van der Waals surface area contributed by atoms with Crippen LogP contribution in [0.2, 0.25) is 0 Å². The van der Waals surface area contributed by atoms with E-state index in [2.05, 4.69) is 27.3 Å². The zero-order valence-electron chi connectivity index (χ0n) is 13.5. The van der Waals surface area contributed by atoms with Crippen LogP contribution in [0.3, 0.4) is 0 Å². The third-order valence-corrected chi connectivity index (χ3v) is 5.16. The van der Waals surface area contributed by atoms with Crippen molar-refractivity contribution >= 4 is 22.6 Å². The van der Waals surface area contributed by atoms with Gasteiger partial charge in [0.15, 0.2) is 0 Å². The first-order chi connectivity index (χ1) is 11.2. The molecular formula is C17H23N5O. The Balaban J connectivity index is 1.34. The minimum absolute atomic E-state index is 0.00578. The summed E-state index contributed by atoms with van der Waals surface area (Å²) in [6, 6.07) is 6.97. The molecule has 0 aliphatic carbocycles. The van der Waals surface area contributed by atoms with Gasteiger partial charge in [-0.15, -0.1) is 0 Å². The van der Waals surface area contributed by atoms with Crippen molar-refractivity contribution in [2.45, 2.75) is 38.3 Å². The predicted molar refractivity (Wildman–Crippen MR) is 90.5 cm³/mol. The third kappa shape index (κ3) is 2.79. The monoisotopic (exact) mass is 313 g/mol. The Hall–Kier alpha value is -2.08. The average molecular weight is 313 g/mol. The van der Waals surface area contributed by atoms with E-state index in [0.29, 0.717) is 12.1 Å². The molecule has 1 aromatic carbocycles. The number of aromatic nitrogens is 2. The summed E-state index contributed by atoms with van der Waals surface area (Å²) in [6.07, 6.45) is 5.68. The highest BCUT2D eigenvalue weighted by Gasteiger charge is 2.37. The molecule has 122 valence electrons. The van der Waals surface area contributed by atoms with Crippen molar-refractivity contribution in [3.63, 3.8) is 0 Å². The molecule has 3 heterocycles. The van der Waals surface area contributed by atoms with Crippen LogP contribution in [-0.2, 0) is 0 Å². The van der Waals surface area contributed by atoms with Crippen LogP contribution < -0.4 is 5.32 Å². The number of fused-ring (bicyclic) bond motifs is 1. The lowest BCUT2D eigenvalue weighted by Gasteiger charge is -2.49. The van der Waals surface area contributed by atoms with Gasteiger partial charge in [-0.25, -0.2) is 4.79 Å². The lowest BCUT2D eigenvalue weighted by atomic mass is 9.98. The van der Waals surface area contributed by atoms with Gasteiger partial charge in [-0.2, -0.15) is 5.10 Å². The molecule has 1 atom stereocenters. The number of amides is 2. The molecule has 2 aromatic rings. The molecule has 0 radical (unpaired) electrons. The third-order valence-electron chi connectivity index (χ3n) is 5.16. The van der Waals surface area contributed by atoms with Crippen LogP contribution in [0.4, 0.5) is 10.5 Å². The van der Waals surface area contributed by atoms with E-state index in [1.165, 1.54) is 25.8 Å². The molecule has 1 aromatic heterocycles. The fraction of sp³-hybridized carbons (Fsp3) is 0.529. The lowest BCUT2D eigenvalue weighted by molar-refractivity contribution is 0.0199. The van der Waals surface area contributed by atoms with Gasteiger partial charge < -0.3 is 10.2 Å². The molecule has 2 N–H and O–H groups in total. The first-order valence-corrected chi connectivity index (χ1v) is 8.45. The van der Waals surface area contributed by atoms with Gasteiger partial charge in [0.05, 0.1) is 11.7 Å². The van der Waals surface area contributed by atoms with Gasteiger partial charge in [0, 0.05) is 36.2 Å². The van der Waals surface area contributed by atoms with Crippen molar-refractivity contribution in [1.82, 2.24) is 20.0 Å². The van der Waals surface area contributed by atoms with Crippen LogP contribution in [0.5, 0.6) is 0 Å². The molecule has 2 saturated heterocycles. The van der Waals surface area contributed by atoms with Gasteiger partial charge in [0.25, 0.3) is 0 Å². The average Bonchev–Trinajstić information content (AvgIpc) is 2.95. The van der Waals surface area contributed by atoms with Crippen LogP contribution in [0.15, 0.2) is 24.4 Å². The summed E-state index contributed by atoms with van der Waals surface area (Å²) in [7, 11) is 0. The number of likely N-dealkylation sites (tertiary alicyclic amines) is 2. The Bertz CT molecular complexity index is 706. The van der Waals surface area contributed by atoms with Crippen molar-refractivity contribution in [2.75, 3.05) is 25.0 Å². The van der Waals surface area contributed by atoms with Crippen LogP contribution in [-0.4, -0.2) is 57.7 Å². The second kappa shape index (κ2) is 5.85. The van der Waals surface area contributed by atoms with Gasteiger partial charge in [-0.1, -0.05) is 6.42 Å². The summed E-state index contributed by atoms with van der Waals surface area (Å²) in [5.41, 5.74) is 1.80. The smallest absolute Gasteiger partial charge is 0.321 e. The summed E-state index contributed by atoms with van der Waals surface area (Å²) in [6.45, 7) is 5.16. The second-order valence-electron chi connectivity index (χ2n) is 6.74. The van der Waals surface area contributed by atoms with Crippen molar-refractivity contribution in [3.8, 4) is 0 Å². The molecule has 1 unspecified atom stereocenters. The SMILES string of the molecule is CC1CCCCN1C1CN(C(=O)Nc2ccc3[nH]ncc3c2)C1. The molecule has 6 heteroatoms. The molecular weight excluding hydrogens is 290 g/mol. The highest BCUT2D eigenvalue weighted by molar-refractivity contribution is 5.93. The Morgan fingerprint density at radius 2 is 2.22 bits per heavy atom. The standard InChI is InChI=1S/C17H23N5O/c1-12-4-2-3-7-22(12)15-10-21(11-15)17(23)19-14-5-6-16-13(8-14)9-18-20-16/h5-6,8-9,12,15H,2-4,7,10-11H2,1H3,(H,18,20)(H,19,23). The number of urea groups is 1. The van der Waals surface area contributed by atoms with Crippen molar-refractivity contribution < 1.29 is 4.79 Å². The van der Waals surface area contributed by atoms with E-state index in [-0.39, 0.29) is 6.03 Å². The Morgan fingerprint density at radius 3 is 3.04 bits per heavy atom. The number of hydrogen-bond donors (Lipinski definition) is 2. The highest BCUT2D eigenvalue weighted by atomic mass is 16.2. The number of rotatable bonds is 2. The minimum atomic E-state index is -0.00578. The van der Waals surface area contributed by atoms with Crippen LogP contribution in [0.1, 0.15) is 26.2 Å². The summed E-state index contributed by atoms with van der Waals surface area (Å²) in [5, 5.41) is 10.9. The van der Waals surface area contributed by atoms with Crippen LogP contribution >= 0.6 is 0 Å². The maximum Gasteiger partial charge on any atom is 0.321 e. The molecule has 0 bridgehead atoms. The molecule has 0 spiro atoms. The molecule has 23 heavy (non-hydrogen) atoms. The topological polar surface area (TPSA) is 64.3 Å². The Morgan fingerprint density at radius 1 is 1.35 bits per heavy atom. The van der Waals surface area contributed by atoms with E-state index in [0.717, 1.165) is 29.7 Å². The Kier molecular flexibility index (Phi) is 3.69. The first-order valence-electron chi connectivity index (χ1n) is 8.45. The van der Waals surface area contributed by atoms with Gasteiger partial charge in [-0.3, -0.25) is 10.00 Å². The number of hydrogen-bond acceptors (Lipinski definition) is 3. The molecule has 6 nitrogen and oxygen atoms in total. The zero-order valence-corrected chi connectivity index (χ0v) is 13.5. The van der Waals surface area contributed by atoms with Crippen molar-refractivity contribution in [1.29, 1.82) is 0 Å². The maximum atomic E-state index is 12.4. The number of nitrogens with zero attached hydrogens (tertiary/aromatic N) is 3. The number of H-pyrrole nitrogens is 1. The predicted octanol–water partition coefficient (Wildman–Crippen LogP) is 2.65. The number of carbonyl (C=O) groups excluding carboxylic acids is 1. The van der Waals surface area contributed by atoms with Gasteiger partial charge in [-0.05, 0) is 44.5 Å². The highest BCUT2D eigenvalue weighted by Crippen LogP contribution is 2.25. The van der Waals surface area contributed by atoms with E-state index in [1.54, 1.807) is 6.20 Å². The number of piperidine rings is 1. The quantitative estimate of drug-likeness (QED) is 0.896. The summed E-state index contributed by atoms with van der Waals surface area (Å²) < 4.78 is 0. The van der Waals surface area contributed by atoms with Crippen LogP contribution in [0, 0.1) is 0 Å². The largest absolute Gasteiger partial charge is 0.321 e. The van der Waals surface area contributed by atoms with Crippen LogP contribution in [0.25, 0.3) is 10.9 Å². The summed E-state index contributed by atoms with van der Waals surface area (Å²) in [5.74, 6) is 0. The van der Waals surface area contributed by atoms with E-state index in [4.69, 9.17) is 0 Å². The minimum Gasteiger partial charge on any atom is -0.321 e. The Labute approximate surface area is 135 Å². The number of benzene rings is 1. The van der Waals surface area contributed by atoms with Gasteiger partial charge in [0.1, 0.15) is 0 Å². The van der Waals surface area contributed by atoms with Gasteiger partial charge >= 0.3 is 6.03 Å². The zero-order chi connectivity index (χ0) is 15.8. The van der Waals surface area contributed by atoms with E-state index < -0.39 is 0 Å². The molecule has 2 amide bonds. The van der Waals surface area contributed by atoms with E-state index in [9.17, 15) is 4.79 Å². The molecule has 2 aliphatic heterocycles. The molecule has 2 fully saturated rings. The molecule has 2 aliphatic rings. The molecule has 4 rings (SSSR count). The molecule has 0 saturated carbocycles. The normalized spacial score (nSPS) is 23.0. The second-order valence-corrected chi connectivity index (χ2v) is 6.74. The summed E-state index contributed by atoms with van der Waals surface area (Å²) in [4.78, 5) is 16.8. The van der Waals surface area contributed by atoms with Crippen molar-refractivity contribution in [2.24, 2.45) is 0 Å². The lowest BCUT2D eigenvalue weighted by Crippen LogP contribution is -2.64.